The normalized spacial score (nSPS) is 12.4. The third-order valence-corrected chi connectivity index (χ3v) is 5.13. The van der Waals surface area contributed by atoms with Gasteiger partial charge in [0, 0.05) is 0 Å². The summed E-state index contributed by atoms with van der Waals surface area (Å²) < 4.78 is 32.3. The monoisotopic (exact) mass is 362 g/mol. The Kier molecular flexibility index (Phi) is 6.17. The van der Waals surface area contributed by atoms with E-state index < -0.39 is 15.9 Å². The number of sulfonamides is 1. The molecule has 0 aromatic heterocycles. The molecule has 0 heterocycles. The largest absolute Gasteiger partial charge is 0.495 e. The molecule has 2 N–H and O–H groups in total. The molecule has 0 bridgehead atoms. The lowest BCUT2D eigenvalue weighted by Crippen LogP contribution is -2.38. The van der Waals surface area contributed by atoms with E-state index in [0.29, 0.717) is 0 Å². The molecule has 2 rings (SSSR count). The molecule has 0 spiro atoms. The van der Waals surface area contributed by atoms with Crippen LogP contribution in [-0.2, 0) is 14.8 Å². The Morgan fingerprint density at radius 3 is 2.48 bits per heavy atom. The van der Waals surface area contributed by atoms with E-state index in [4.69, 9.17) is 4.74 Å². The smallest absolute Gasteiger partial charge is 0.244 e. The van der Waals surface area contributed by atoms with E-state index >= 15 is 0 Å². The van der Waals surface area contributed by atoms with Crippen LogP contribution in [0, 0.1) is 6.92 Å². The second kappa shape index (κ2) is 8.13. The molecule has 134 valence electrons. The molecule has 7 heteroatoms. The molecule has 25 heavy (non-hydrogen) atoms. The third-order valence-electron chi connectivity index (χ3n) is 3.71. The van der Waals surface area contributed by atoms with E-state index in [1.807, 2.05) is 37.3 Å². The van der Waals surface area contributed by atoms with E-state index in [0.717, 1.165) is 11.1 Å². The van der Waals surface area contributed by atoms with E-state index in [1.165, 1.54) is 13.2 Å². The molecule has 0 saturated heterocycles. The molecule has 1 amide bonds. The highest BCUT2D eigenvalue weighted by molar-refractivity contribution is 7.89. The highest BCUT2D eigenvalue weighted by Crippen LogP contribution is 2.24. The Morgan fingerprint density at radius 1 is 1.16 bits per heavy atom. The van der Waals surface area contributed by atoms with Crippen molar-refractivity contribution in [1.29, 1.82) is 0 Å². The maximum atomic E-state index is 12.5. The first kappa shape index (κ1) is 19.0. The molecule has 1 unspecified atom stereocenters. The number of benzene rings is 2. The zero-order valence-corrected chi connectivity index (χ0v) is 15.3. The van der Waals surface area contributed by atoms with Crippen molar-refractivity contribution in [3.63, 3.8) is 0 Å². The average molecular weight is 362 g/mol. The molecule has 0 aliphatic rings. The number of nitrogens with one attached hydrogen (secondary N) is 2. The predicted molar refractivity (Wildman–Crippen MR) is 95.9 cm³/mol. The quantitative estimate of drug-likeness (QED) is 0.790. The summed E-state index contributed by atoms with van der Waals surface area (Å²) >= 11 is 0. The van der Waals surface area contributed by atoms with Crippen LogP contribution in [0.3, 0.4) is 0 Å². The van der Waals surface area contributed by atoms with Gasteiger partial charge in [0.05, 0.1) is 19.7 Å². The van der Waals surface area contributed by atoms with Crippen molar-refractivity contribution in [2.45, 2.75) is 24.8 Å². The van der Waals surface area contributed by atoms with Gasteiger partial charge in [0.1, 0.15) is 10.6 Å². The zero-order valence-electron chi connectivity index (χ0n) is 14.4. The number of aryl methyl sites for hydroxylation is 1. The van der Waals surface area contributed by atoms with Crippen LogP contribution in [0.4, 0.5) is 0 Å². The zero-order chi connectivity index (χ0) is 18.4. The van der Waals surface area contributed by atoms with Crippen LogP contribution in [0.1, 0.15) is 24.1 Å². The van der Waals surface area contributed by atoms with Gasteiger partial charge in [-0.25, -0.2) is 13.1 Å². The van der Waals surface area contributed by atoms with E-state index in [9.17, 15) is 13.2 Å². The SMILES string of the molecule is COc1ccc(C)cc1S(=O)(=O)NCC(=O)NC(C)c1ccccc1. The first-order valence-electron chi connectivity index (χ1n) is 7.82. The Balaban J connectivity index is 2.02. The van der Waals surface area contributed by atoms with Gasteiger partial charge in [-0.1, -0.05) is 36.4 Å². The van der Waals surface area contributed by atoms with Crippen molar-refractivity contribution in [3.8, 4) is 5.75 Å². The van der Waals surface area contributed by atoms with E-state index in [2.05, 4.69) is 10.0 Å². The molecule has 0 aliphatic heterocycles. The molecule has 2 aromatic rings. The fourth-order valence-corrected chi connectivity index (χ4v) is 3.58. The lowest BCUT2D eigenvalue weighted by atomic mass is 10.1. The Morgan fingerprint density at radius 2 is 1.84 bits per heavy atom. The molecular weight excluding hydrogens is 340 g/mol. The molecule has 0 fully saturated rings. The summed E-state index contributed by atoms with van der Waals surface area (Å²) in [7, 11) is -2.46. The number of carbonyl (C=O) groups is 1. The van der Waals surface area contributed by atoms with Crippen molar-refractivity contribution < 1.29 is 17.9 Å². The summed E-state index contributed by atoms with van der Waals surface area (Å²) in [5.41, 5.74) is 1.72. The number of hydrogen-bond acceptors (Lipinski definition) is 4. The van der Waals surface area contributed by atoms with Crippen LogP contribution in [0.25, 0.3) is 0 Å². The van der Waals surface area contributed by atoms with Gasteiger partial charge in [0.2, 0.25) is 15.9 Å². The molecule has 1 atom stereocenters. The van der Waals surface area contributed by atoms with Crippen LogP contribution in [0.15, 0.2) is 53.4 Å². The molecule has 0 aliphatic carbocycles. The van der Waals surface area contributed by atoms with Crippen molar-refractivity contribution in [3.05, 3.63) is 59.7 Å². The van der Waals surface area contributed by atoms with Crippen LogP contribution in [-0.4, -0.2) is 28.0 Å². The topological polar surface area (TPSA) is 84.5 Å². The lowest BCUT2D eigenvalue weighted by Gasteiger charge is -2.15. The van der Waals surface area contributed by atoms with Gasteiger partial charge in [-0.05, 0) is 37.1 Å². The van der Waals surface area contributed by atoms with Gasteiger partial charge in [-0.2, -0.15) is 0 Å². The number of rotatable bonds is 7. The highest BCUT2D eigenvalue weighted by Gasteiger charge is 2.21. The average Bonchev–Trinajstić information content (AvgIpc) is 2.61. The van der Waals surface area contributed by atoms with Gasteiger partial charge in [-0.3, -0.25) is 4.79 Å². The van der Waals surface area contributed by atoms with Crippen LogP contribution < -0.4 is 14.8 Å². The molecular formula is C18H22N2O4S. The predicted octanol–water partition coefficient (Wildman–Crippen LogP) is 2.16. The van der Waals surface area contributed by atoms with Gasteiger partial charge < -0.3 is 10.1 Å². The second-order valence-corrected chi connectivity index (χ2v) is 7.41. The Bertz CT molecular complexity index is 835. The number of ether oxygens (including phenoxy) is 1. The van der Waals surface area contributed by atoms with Gasteiger partial charge in [-0.15, -0.1) is 0 Å². The summed E-state index contributed by atoms with van der Waals surface area (Å²) in [6, 6.07) is 14.1. The first-order valence-corrected chi connectivity index (χ1v) is 9.30. The second-order valence-electron chi connectivity index (χ2n) is 5.68. The summed E-state index contributed by atoms with van der Waals surface area (Å²) in [5.74, 6) is -0.178. The third kappa shape index (κ3) is 5.04. The van der Waals surface area contributed by atoms with E-state index in [1.54, 1.807) is 19.1 Å². The van der Waals surface area contributed by atoms with Crippen molar-refractivity contribution in [1.82, 2.24) is 10.0 Å². The van der Waals surface area contributed by atoms with Gasteiger partial charge in [0.15, 0.2) is 0 Å². The lowest BCUT2D eigenvalue weighted by molar-refractivity contribution is -0.120. The molecule has 0 radical (unpaired) electrons. The van der Waals surface area contributed by atoms with Crippen LogP contribution in [0.5, 0.6) is 5.75 Å². The molecule has 2 aromatic carbocycles. The highest BCUT2D eigenvalue weighted by atomic mass is 32.2. The molecule has 0 saturated carbocycles. The summed E-state index contributed by atoms with van der Waals surface area (Å²) in [6.45, 7) is 3.27. The minimum absolute atomic E-state index is 0.0129. The number of methoxy groups -OCH3 is 1. The van der Waals surface area contributed by atoms with Crippen LogP contribution >= 0.6 is 0 Å². The number of amides is 1. The number of carbonyl (C=O) groups excluding carboxylic acids is 1. The van der Waals surface area contributed by atoms with E-state index in [-0.39, 0.29) is 23.2 Å². The maximum Gasteiger partial charge on any atom is 0.244 e. The summed E-state index contributed by atoms with van der Waals surface area (Å²) in [4.78, 5) is 12.1. The van der Waals surface area contributed by atoms with Crippen molar-refractivity contribution >= 4 is 15.9 Å². The van der Waals surface area contributed by atoms with Crippen LogP contribution in [0.2, 0.25) is 0 Å². The van der Waals surface area contributed by atoms with Crippen molar-refractivity contribution in [2.75, 3.05) is 13.7 Å². The fraction of sp³-hybridized carbons (Fsp3) is 0.278. The first-order chi connectivity index (χ1) is 11.8. The maximum absolute atomic E-state index is 12.5. The molecule has 6 nitrogen and oxygen atoms in total. The Labute approximate surface area is 148 Å². The fourth-order valence-electron chi connectivity index (χ4n) is 2.35. The standard InChI is InChI=1S/C18H22N2O4S/c1-13-9-10-16(24-3)17(11-13)25(22,23)19-12-18(21)20-14(2)15-7-5-4-6-8-15/h4-11,14,19H,12H2,1-3H3,(H,20,21). The summed E-state index contributed by atoms with van der Waals surface area (Å²) in [6.07, 6.45) is 0. The van der Waals surface area contributed by atoms with Gasteiger partial charge in [0.25, 0.3) is 0 Å². The van der Waals surface area contributed by atoms with Crippen molar-refractivity contribution in [2.24, 2.45) is 0 Å². The van der Waals surface area contributed by atoms with Gasteiger partial charge >= 0.3 is 0 Å². The Hall–Kier alpha value is -2.38. The number of hydrogen-bond donors (Lipinski definition) is 2. The minimum Gasteiger partial charge on any atom is -0.495 e. The summed E-state index contributed by atoms with van der Waals surface area (Å²) in [5, 5.41) is 2.76. The minimum atomic E-state index is -3.86.